The molecule has 1 heterocycles. The standard InChI is InChI=1S/C13H21N3O3S/c1-4-10-11(20-16-15-10)12(17)14-9(3)7-5-6-8(2)13(18)19/h8-9H,4-7H2,1-3H3,(H,14,17)(H,18,19). The third kappa shape index (κ3) is 4.88. The van der Waals surface area contributed by atoms with E-state index in [4.69, 9.17) is 5.11 Å². The fourth-order valence-electron chi connectivity index (χ4n) is 1.83. The van der Waals surface area contributed by atoms with E-state index in [0.29, 0.717) is 17.7 Å². The van der Waals surface area contributed by atoms with E-state index in [1.165, 1.54) is 0 Å². The zero-order chi connectivity index (χ0) is 15.1. The zero-order valence-corrected chi connectivity index (χ0v) is 12.9. The Labute approximate surface area is 122 Å². The van der Waals surface area contributed by atoms with Crippen LogP contribution in [0, 0.1) is 5.92 Å². The van der Waals surface area contributed by atoms with Gasteiger partial charge in [-0.15, -0.1) is 5.10 Å². The number of carbonyl (C=O) groups is 2. The van der Waals surface area contributed by atoms with Gasteiger partial charge in [0.2, 0.25) is 0 Å². The minimum atomic E-state index is -0.773. The third-order valence-corrected chi connectivity index (χ3v) is 3.94. The van der Waals surface area contributed by atoms with Crippen molar-refractivity contribution in [2.75, 3.05) is 0 Å². The molecule has 0 radical (unpaired) electrons. The monoisotopic (exact) mass is 299 g/mol. The lowest BCUT2D eigenvalue weighted by atomic mass is 10.0. The van der Waals surface area contributed by atoms with Crippen LogP contribution >= 0.6 is 11.5 Å². The highest BCUT2D eigenvalue weighted by Crippen LogP contribution is 2.13. The normalized spacial score (nSPS) is 13.8. The van der Waals surface area contributed by atoms with Crippen molar-refractivity contribution in [3.8, 4) is 0 Å². The maximum atomic E-state index is 12.0. The largest absolute Gasteiger partial charge is 0.481 e. The maximum absolute atomic E-state index is 12.0. The molecule has 0 saturated carbocycles. The van der Waals surface area contributed by atoms with Crippen LogP contribution in [0.15, 0.2) is 0 Å². The first-order valence-electron chi connectivity index (χ1n) is 6.80. The molecule has 1 aromatic heterocycles. The number of nitrogens with zero attached hydrogens (tertiary/aromatic N) is 2. The van der Waals surface area contributed by atoms with Crippen LogP contribution in [-0.4, -0.2) is 32.6 Å². The highest BCUT2D eigenvalue weighted by atomic mass is 32.1. The van der Waals surface area contributed by atoms with Gasteiger partial charge in [-0.3, -0.25) is 9.59 Å². The molecular formula is C13H21N3O3S. The van der Waals surface area contributed by atoms with Crippen LogP contribution < -0.4 is 5.32 Å². The van der Waals surface area contributed by atoms with Crippen molar-refractivity contribution < 1.29 is 14.7 Å². The van der Waals surface area contributed by atoms with Crippen molar-refractivity contribution in [1.29, 1.82) is 0 Å². The van der Waals surface area contributed by atoms with Crippen LogP contribution in [0.1, 0.15) is 55.4 Å². The number of aliphatic carboxylic acids is 1. The molecule has 0 aliphatic rings. The Morgan fingerprint density at radius 1 is 1.35 bits per heavy atom. The molecular weight excluding hydrogens is 278 g/mol. The van der Waals surface area contributed by atoms with Crippen molar-refractivity contribution in [2.45, 2.75) is 52.5 Å². The fraction of sp³-hybridized carbons (Fsp3) is 0.692. The van der Waals surface area contributed by atoms with Crippen LogP contribution in [0.3, 0.4) is 0 Å². The molecule has 7 heteroatoms. The van der Waals surface area contributed by atoms with Crippen molar-refractivity contribution in [3.05, 3.63) is 10.6 Å². The molecule has 2 N–H and O–H groups in total. The van der Waals surface area contributed by atoms with Gasteiger partial charge >= 0.3 is 5.97 Å². The number of carboxylic acids is 1. The first kappa shape index (κ1) is 16.6. The molecule has 2 atom stereocenters. The Morgan fingerprint density at radius 3 is 2.65 bits per heavy atom. The summed E-state index contributed by atoms with van der Waals surface area (Å²) < 4.78 is 3.79. The van der Waals surface area contributed by atoms with Gasteiger partial charge in [-0.1, -0.05) is 24.8 Å². The molecule has 0 fully saturated rings. The van der Waals surface area contributed by atoms with E-state index in [-0.39, 0.29) is 17.9 Å². The molecule has 1 amide bonds. The summed E-state index contributed by atoms with van der Waals surface area (Å²) in [5, 5.41) is 15.6. The Hall–Kier alpha value is -1.50. The number of carboxylic acid groups (broad SMARTS) is 1. The second-order valence-corrected chi connectivity index (χ2v) is 5.70. The maximum Gasteiger partial charge on any atom is 0.306 e. The fourth-order valence-corrected chi connectivity index (χ4v) is 2.48. The number of carbonyl (C=O) groups excluding carboxylic acids is 1. The van der Waals surface area contributed by atoms with Crippen LogP contribution in [0.2, 0.25) is 0 Å². The van der Waals surface area contributed by atoms with Crippen molar-refractivity contribution in [2.24, 2.45) is 5.92 Å². The lowest BCUT2D eigenvalue weighted by Gasteiger charge is -2.14. The van der Waals surface area contributed by atoms with E-state index in [2.05, 4.69) is 14.9 Å². The van der Waals surface area contributed by atoms with Crippen LogP contribution in [0.4, 0.5) is 0 Å². The van der Waals surface area contributed by atoms with Gasteiger partial charge in [0.1, 0.15) is 4.88 Å². The second-order valence-electron chi connectivity index (χ2n) is 4.95. The number of hydrogen-bond acceptors (Lipinski definition) is 5. The smallest absolute Gasteiger partial charge is 0.306 e. The van der Waals surface area contributed by atoms with E-state index in [0.717, 1.165) is 30.1 Å². The second kappa shape index (κ2) is 7.94. The van der Waals surface area contributed by atoms with Crippen LogP contribution in [0.25, 0.3) is 0 Å². The summed E-state index contributed by atoms with van der Waals surface area (Å²) in [5.41, 5.74) is 0.721. The molecule has 6 nitrogen and oxygen atoms in total. The van der Waals surface area contributed by atoms with Gasteiger partial charge in [-0.2, -0.15) is 0 Å². The summed E-state index contributed by atoms with van der Waals surface area (Å²) in [6.07, 6.45) is 2.84. The molecule has 0 aromatic carbocycles. The number of hydrogen-bond donors (Lipinski definition) is 2. The van der Waals surface area contributed by atoms with E-state index >= 15 is 0 Å². The summed E-state index contributed by atoms with van der Waals surface area (Å²) >= 11 is 1.11. The molecule has 0 aliphatic carbocycles. The Morgan fingerprint density at radius 2 is 2.05 bits per heavy atom. The third-order valence-electron chi connectivity index (χ3n) is 3.17. The molecule has 0 spiro atoms. The molecule has 0 bridgehead atoms. The quantitative estimate of drug-likeness (QED) is 0.767. The van der Waals surface area contributed by atoms with Gasteiger partial charge in [0, 0.05) is 6.04 Å². The number of rotatable bonds is 8. The summed E-state index contributed by atoms with van der Waals surface area (Å²) in [6, 6.07) is 0.00954. The zero-order valence-electron chi connectivity index (χ0n) is 12.0. The summed E-state index contributed by atoms with van der Waals surface area (Å²) in [4.78, 5) is 23.3. The number of nitrogens with one attached hydrogen (secondary N) is 1. The highest BCUT2D eigenvalue weighted by Gasteiger charge is 2.17. The summed E-state index contributed by atoms with van der Waals surface area (Å²) in [7, 11) is 0. The molecule has 0 aliphatic heterocycles. The predicted molar refractivity (Wildman–Crippen MR) is 76.9 cm³/mol. The molecule has 20 heavy (non-hydrogen) atoms. The highest BCUT2D eigenvalue weighted by molar-refractivity contribution is 7.08. The molecule has 112 valence electrons. The Balaban J connectivity index is 2.37. The minimum absolute atomic E-state index is 0.00954. The predicted octanol–water partition coefficient (Wildman–Crippen LogP) is 2.11. The first-order valence-corrected chi connectivity index (χ1v) is 7.57. The average Bonchev–Trinajstić information content (AvgIpc) is 2.86. The van der Waals surface area contributed by atoms with Gasteiger partial charge in [0.15, 0.2) is 0 Å². The van der Waals surface area contributed by atoms with Crippen molar-refractivity contribution >= 4 is 23.4 Å². The SMILES string of the molecule is CCc1nnsc1C(=O)NC(C)CCCC(C)C(=O)O. The average molecular weight is 299 g/mol. The molecule has 0 saturated heterocycles. The van der Waals surface area contributed by atoms with Gasteiger partial charge in [0.25, 0.3) is 5.91 Å². The number of aromatic nitrogens is 2. The van der Waals surface area contributed by atoms with Gasteiger partial charge in [0.05, 0.1) is 11.6 Å². The molecule has 1 rings (SSSR count). The van der Waals surface area contributed by atoms with Gasteiger partial charge in [-0.05, 0) is 37.7 Å². The minimum Gasteiger partial charge on any atom is -0.481 e. The topological polar surface area (TPSA) is 92.2 Å². The molecule has 1 aromatic rings. The Kier molecular flexibility index (Phi) is 6.57. The lowest BCUT2D eigenvalue weighted by molar-refractivity contribution is -0.141. The molecule has 2 unspecified atom stereocenters. The number of amides is 1. The van der Waals surface area contributed by atoms with Crippen molar-refractivity contribution in [1.82, 2.24) is 14.9 Å². The summed E-state index contributed by atoms with van der Waals surface area (Å²) in [5.74, 6) is -1.25. The van der Waals surface area contributed by atoms with Crippen LogP contribution in [-0.2, 0) is 11.2 Å². The van der Waals surface area contributed by atoms with E-state index < -0.39 is 5.97 Å². The van der Waals surface area contributed by atoms with E-state index in [9.17, 15) is 9.59 Å². The first-order chi connectivity index (χ1) is 9.45. The van der Waals surface area contributed by atoms with E-state index in [1.807, 2.05) is 13.8 Å². The van der Waals surface area contributed by atoms with Crippen molar-refractivity contribution in [3.63, 3.8) is 0 Å². The van der Waals surface area contributed by atoms with Crippen LogP contribution in [0.5, 0.6) is 0 Å². The Bertz CT molecular complexity index is 461. The summed E-state index contributed by atoms with van der Waals surface area (Å²) in [6.45, 7) is 5.55. The van der Waals surface area contributed by atoms with Gasteiger partial charge < -0.3 is 10.4 Å². The number of aryl methyl sites for hydroxylation is 1. The van der Waals surface area contributed by atoms with E-state index in [1.54, 1.807) is 6.92 Å². The van der Waals surface area contributed by atoms with Gasteiger partial charge in [-0.25, -0.2) is 0 Å². The lowest BCUT2D eigenvalue weighted by Crippen LogP contribution is -2.32.